The smallest absolute Gasteiger partial charge is 0.246 e. The molecule has 0 bridgehead atoms. The van der Waals surface area contributed by atoms with Crippen LogP contribution in [0, 0.1) is 5.92 Å². The van der Waals surface area contributed by atoms with Crippen LogP contribution < -0.4 is 26.9 Å². The Labute approximate surface area is 152 Å². The molecule has 1 amide bonds. The molecular weight excluding hydrogens is 333 g/mol. The predicted molar refractivity (Wildman–Crippen MR) is 100 cm³/mol. The van der Waals surface area contributed by atoms with Gasteiger partial charge in [-0.1, -0.05) is 19.1 Å². The number of hydrogen-bond donors (Lipinski definition) is 3. The normalized spacial score (nSPS) is 20.6. The van der Waals surface area contributed by atoms with Crippen molar-refractivity contribution in [3.63, 3.8) is 0 Å². The van der Waals surface area contributed by atoms with E-state index in [0.717, 1.165) is 37.6 Å². The molecule has 3 rings (SSSR count). The average molecular weight is 359 g/mol. The summed E-state index contributed by atoms with van der Waals surface area (Å²) < 4.78 is 13.8. The van der Waals surface area contributed by atoms with Crippen molar-refractivity contribution in [2.24, 2.45) is 11.7 Å². The molecule has 2 aliphatic rings. The van der Waals surface area contributed by atoms with Crippen LogP contribution in [0.15, 0.2) is 18.2 Å². The van der Waals surface area contributed by atoms with Crippen LogP contribution in [0.5, 0.6) is 0 Å². The Morgan fingerprint density at radius 2 is 2.23 bits per heavy atom. The highest BCUT2D eigenvalue weighted by Crippen LogP contribution is 2.28. The molecule has 0 radical (unpaired) electrons. The van der Waals surface area contributed by atoms with E-state index in [0.29, 0.717) is 29.6 Å². The molecule has 2 aliphatic carbocycles. The van der Waals surface area contributed by atoms with E-state index in [4.69, 9.17) is 5.73 Å². The van der Waals surface area contributed by atoms with Gasteiger partial charge in [-0.25, -0.2) is 14.4 Å². The maximum atomic E-state index is 13.8. The van der Waals surface area contributed by atoms with E-state index >= 15 is 0 Å². The quantitative estimate of drug-likeness (QED) is 0.667. The van der Waals surface area contributed by atoms with Gasteiger partial charge in [0.15, 0.2) is 0 Å². The van der Waals surface area contributed by atoms with Crippen molar-refractivity contribution < 1.29 is 9.18 Å². The maximum absolute atomic E-state index is 13.8. The Bertz CT molecular complexity index is 820. The fourth-order valence-electron chi connectivity index (χ4n) is 3.71. The second-order valence-electron chi connectivity index (χ2n) is 6.82. The summed E-state index contributed by atoms with van der Waals surface area (Å²) in [6, 6.07) is 0.0424. The number of halogens is 1. The number of hydrogen-bond acceptors (Lipinski definition) is 5. The van der Waals surface area contributed by atoms with Crippen molar-refractivity contribution in [2.45, 2.75) is 45.1 Å². The van der Waals surface area contributed by atoms with Crippen LogP contribution in [0.25, 0.3) is 11.6 Å². The molecular formula is C19H26FN5O. The summed E-state index contributed by atoms with van der Waals surface area (Å²) in [6.07, 6.45) is 8.63. The molecule has 140 valence electrons. The van der Waals surface area contributed by atoms with Crippen molar-refractivity contribution in [3.8, 4) is 0 Å². The Balaban J connectivity index is 1.93. The Morgan fingerprint density at radius 1 is 1.38 bits per heavy atom. The van der Waals surface area contributed by atoms with E-state index in [-0.39, 0.29) is 17.8 Å². The minimum atomic E-state index is -0.437. The third-order valence-electron chi connectivity index (χ3n) is 5.08. The lowest BCUT2D eigenvalue weighted by atomic mass is 9.86. The summed E-state index contributed by atoms with van der Waals surface area (Å²) in [5.74, 6) is 0.400. The topological polar surface area (TPSA) is 92.9 Å². The van der Waals surface area contributed by atoms with E-state index in [9.17, 15) is 9.18 Å². The minimum Gasteiger partial charge on any atom is -0.366 e. The molecule has 1 aromatic heterocycles. The van der Waals surface area contributed by atoms with Crippen molar-refractivity contribution in [1.82, 2.24) is 15.3 Å². The standard InChI is InChI=1S/C19H26FN5O/c1-2-22-10-16(12-5-3-6-13(20)9-12)25-19-15-8-4-7-14(18(21)26)17(15)23-11-24-19/h6,8,11-12,16,22H,2-5,7,9-10H2,1H3,(H2,21,26)(H,23,24,25). The fraction of sp³-hybridized carbons (Fsp3) is 0.526. The number of allylic oxidation sites excluding steroid dienone is 2. The molecule has 6 nitrogen and oxygen atoms in total. The number of likely N-dealkylation sites (N-methyl/N-ethyl adjacent to an activating group) is 1. The summed E-state index contributed by atoms with van der Waals surface area (Å²) in [5, 5.41) is 8.27. The highest BCUT2D eigenvalue weighted by molar-refractivity contribution is 6.12. The van der Waals surface area contributed by atoms with Gasteiger partial charge in [0, 0.05) is 29.8 Å². The highest BCUT2D eigenvalue weighted by atomic mass is 19.1. The van der Waals surface area contributed by atoms with E-state index in [2.05, 4.69) is 20.6 Å². The first kappa shape index (κ1) is 18.5. The summed E-state index contributed by atoms with van der Waals surface area (Å²) in [6.45, 7) is 3.61. The number of rotatable bonds is 7. The number of primary amides is 1. The molecule has 0 saturated carbocycles. The number of fused-ring (bicyclic) bond motifs is 1. The second-order valence-corrected chi connectivity index (χ2v) is 6.82. The molecule has 1 aromatic rings. The van der Waals surface area contributed by atoms with Gasteiger partial charge in [-0.15, -0.1) is 0 Å². The lowest BCUT2D eigenvalue weighted by molar-refractivity contribution is -0.113. The predicted octanol–water partition coefficient (Wildman–Crippen LogP) is 0.730. The lowest BCUT2D eigenvalue weighted by Crippen LogP contribution is -2.44. The van der Waals surface area contributed by atoms with Gasteiger partial charge in [0.25, 0.3) is 0 Å². The fourth-order valence-corrected chi connectivity index (χ4v) is 3.71. The van der Waals surface area contributed by atoms with Crippen LogP contribution in [-0.4, -0.2) is 35.0 Å². The van der Waals surface area contributed by atoms with Gasteiger partial charge in [-0.05, 0) is 38.1 Å². The van der Waals surface area contributed by atoms with Crippen LogP contribution in [0.4, 0.5) is 10.2 Å². The number of carbonyl (C=O) groups is 1. The molecule has 1 heterocycles. The number of amides is 1. The third-order valence-corrected chi connectivity index (χ3v) is 5.08. The van der Waals surface area contributed by atoms with Crippen molar-refractivity contribution in [2.75, 3.05) is 18.4 Å². The second kappa shape index (κ2) is 8.40. The van der Waals surface area contributed by atoms with E-state index < -0.39 is 5.91 Å². The van der Waals surface area contributed by atoms with Crippen molar-refractivity contribution >= 4 is 23.4 Å². The highest BCUT2D eigenvalue weighted by Gasteiger charge is 2.25. The summed E-state index contributed by atoms with van der Waals surface area (Å²) in [7, 11) is 0. The van der Waals surface area contributed by atoms with Crippen LogP contribution in [0.2, 0.25) is 0 Å². The van der Waals surface area contributed by atoms with Crippen LogP contribution >= 0.6 is 0 Å². The molecule has 0 spiro atoms. The van der Waals surface area contributed by atoms with Gasteiger partial charge < -0.3 is 16.4 Å². The molecule has 0 saturated heterocycles. The molecule has 2 unspecified atom stereocenters. The molecule has 2 atom stereocenters. The number of nitrogens with one attached hydrogen (secondary N) is 2. The zero-order valence-corrected chi connectivity index (χ0v) is 15.1. The lowest BCUT2D eigenvalue weighted by Gasteiger charge is -2.30. The van der Waals surface area contributed by atoms with Crippen LogP contribution in [-0.2, 0) is 4.79 Å². The number of carbonyl (C=O) groups excluding carboxylic acids is 1. The number of aromatic nitrogens is 2. The van der Waals surface area contributed by atoms with Gasteiger partial charge in [-0.3, -0.25) is 4.79 Å². The largest absolute Gasteiger partial charge is 0.366 e. The maximum Gasteiger partial charge on any atom is 0.246 e. The molecule has 0 aliphatic heterocycles. The number of anilines is 1. The minimum absolute atomic E-state index is 0.0369. The molecule has 0 aromatic carbocycles. The van der Waals surface area contributed by atoms with E-state index in [1.807, 2.05) is 13.0 Å². The van der Waals surface area contributed by atoms with Crippen LogP contribution in [0.3, 0.4) is 0 Å². The van der Waals surface area contributed by atoms with Gasteiger partial charge in [0.2, 0.25) is 5.91 Å². The average Bonchev–Trinajstić information content (AvgIpc) is 2.64. The third kappa shape index (κ3) is 4.09. The molecule has 26 heavy (non-hydrogen) atoms. The van der Waals surface area contributed by atoms with Gasteiger partial charge in [0.1, 0.15) is 12.1 Å². The summed E-state index contributed by atoms with van der Waals surface area (Å²) in [5.41, 5.74) is 6.05. The van der Waals surface area contributed by atoms with Gasteiger partial charge in [0.05, 0.1) is 11.2 Å². The zero-order chi connectivity index (χ0) is 18.5. The van der Waals surface area contributed by atoms with Gasteiger partial charge >= 0.3 is 0 Å². The number of nitrogens with zero attached hydrogens (tertiary/aromatic N) is 2. The molecule has 4 N–H and O–H groups in total. The molecule has 7 heteroatoms. The first-order valence-corrected chi connectivity index (χ1v) is 9.26. The summed E-state index contributed by atoms with van der Waals surface area (Å²) in [4.78, 5) is 20.4. The monoisotopic (exact) mass is 359 g/mol. The van der Waals surface area contributed by atoms with Crippen molar-refractivity contribution in [1.29, 1.82) is 0 Å². The van der Waals surface area contributed by atoms with E-state index in [1.165, 1.54) is 6.33 Å². The van der Waals surface area contributed by atoms with Crippen molar-refractivity contribution in [3.05, 3.63) is 28.8 Å². The Kier molecular flexibility index (Phi) is 5.98. The number of nitrogens with two attached hydrogens (primary N) is 1. The first-order valence-electron chi connectivity index (χ1n) is 9.26. The Hall–Kier alpha value is -2.28. The Morgan fingerprint density at radius 3 is 2.96 bits per heavy atom. The SMILES string of the molecule is CCNCC(Nc1ncnc2c1=CCCC=2C(N)=O)C1CCC=C(F)C1. The zero-order valence-electron chi connectivity index (χ0n) is 15.1. The molecule has 0 fully saturated rings. The van der Waals surface area contributed by atoms with E-state index in [1.54, 1.807) is 6.08 Å². The summed E-state index contributed by atoms with van der Waals surface area (Å²) >= 11 is 0. The first-order chi connectivity index (χ1) is 12.6. The van der Waals surface area contributed by atoms with Gasteiger partial charge in [-0.2, -0.15) is 0 Å². The van der Waals surface area contributed by atoms with Crippen LogP contribution in [0.1, 0.15) is 39.0 Å².